The number of rotatable bonds is 4. The molecule has 5 heteroatoms. The Morgan fingerprint density at radius 2 is 1.90 bits per heavy atom. The smallest absolute Gasteiger partial charge is 0.242 e. The molecule has 0 fully saturated rings. The van der Waals surface area contributed by atoms with Crippen molar-refractivity contribution in [2.45, 2.75) is 6.54 Å². The van der Waals surface area contributed by atoms with E-state index in [0.717, 1.165) is 10.9 Å². The van der Waals surface area contributed by atoms with Gasteiger partial charge >= 0.3 is 0 Å². The number of nitrogens with one attached hydrogen (secondary N) is 1. The van der Waals surface area contributed by atoms with Gasteiger partial charge in [0.05, 0.1) is 12.5 Å². The molecular formula is C15H14N4O. The van der Waals surface area contributed by atoms with Gasteiger partial charge < -0.3 is 10.1 Å². The van der Waals surface area contributed by atoms with Gasteiger partial charge in [-0.3, -0.25) is 4.98 Å². The van der Waals surface area contributed by atoms with Gasteiger partial charge in [-0.05, 0) is 17.7 Å². The maximum Gasteiger partial charge on any atom is 0.242 e. The molecule has 0 bridgehead atoms. The number of methoxy groups -OCH3 is 1. The molecule has 0 unspecified atom stereocenters. The number of nitrogens with zero attached hydrogens (tertiary/aromatic N) is 3. The highest BCUT2D eigenvalue weighted by molar-refractivity contribution is 5.91. The lowest BCUT2D eigenvalue weighted by Gasteiger charge is -2.09. The van der Waals surface area contributed by atoms with Crippen molar-refractivity contribution in [3.8, 4) is 5.88 Å². The first-order valence-corrected chi connectivity index (χ1v) is 6.31. The topological polar surface area (TPSA) is 59.9 Å². The highest BCUT2D eigenvalue weighted by Crippen LogP contribution is 2.25. The molecule has 0 amide bonds. The fraction of sp³-hybridized carbons (Fsp3) is 0.133. The SMILES string of the molecule is COc1nnc(NCc2ccccc2)c2ncccc12. The van der Waals surface area contributed by atoms with Crippen LogP contribution in [0.4, 0.5) is 5.82 Å². The summed E-state index contributed by atoms with van der Waals surface area (Å²) in [5.41, 5.74) is 1.93. The van der Waals surface area contributed by atoms with Gasteiger partial charge in [-0.15, -0.1) is 10.2 Å². The third-order valence-corrected chi connectivity index (χ3v) is 3.00. The minimum Gasteiger partial charge on any atom is -0.479 e. The minimum absolute atomic E-state index is 0.485. The zero-order valence-electron chi connectivity index (χ0n) is 11.1. The van der Waals surface area contributed by atoms with E-state index in [0.29, 0.717) is 18.2 Å². The second-order valence-electron chi connectivity index (χ2n) is 4.30. The number of aromatic nitrogens is 3. The van der Waals surface area contributed by atoms with E-state index in [1.54, 1.807) is 13.3 Å². The summed E-state index contributed by atoms with van der Waals surface area (Å²) in [6, 6.07) is 13.9. The summed E-state index contributed by atoms with van der Waals surface area (Å²) in [5.74, 6) is 1.14. The zero-order valence-corrected chi connectivity index (χ0v) is 11.1. The van der Waals surface area contributed by atoms with E-state index >= 15 is 0 Å². The van der Waals surface area contributed by atoms with Gasteiger partial charge in [0.15, 0.2) is 5.82 Å². The quantitative estimate of drug-likeness (QED) is 0.786. The van der Waals surface area contributed by atoms with E-state index in [1.807, 2.05) is 30.3 Å². The largest absolute Gasteiger partial charge is 0.479 e. The first-order chi connectivity index (χ1) is 9.88. The average Bonchev–Trinajstić information content (AvgIpc) is 2.53. The summed E-state index contributed by atoms with van der Waals surface area (Å²) in [5, 5.41) is 12.3. The molecule has 2 heterocycles. The number of hydrogen-bond donors (Lipinski definition) is 1. The molecule has 0 atom stereocenters. The average molecular weight is 266 g/mol. The fourth-order valence-corrected chi connectivity index (χ4v) is 2.01. The molecule has 0 saturated carbocycles. The lowest BCUT2D eigenvalue weighted by Crippen LogP contribution is -2.05. The van der Waals surface area contributed by atoms with E-state index in [4.69, 9.17) is 4.74 Å². The number of benzene rings is 1. The van der Waals surface area contributed by atoms with Crippen LogP contribution in [0.5, 0.6) is 5.88 Å². The highest BCUT2D eigenvalue weighted by Gasteiger charge is 2.09. The summed E-state index contributed by atoms with van der Waals surface area (Å²) in [6.07, 6.45) is 1.73. The molecule has 1 N–H and O–H groups in total. The van der Waals surface area contributed by atoms with Crippen molar-refractivity contribution >= 4 is 16.7 Å². The highest BCUT2D eigenvalue weighted by atomic mass is 16.5. The van der Waals surface area contributed by atoms with Crippen LogP contribution in [-0.4, -0.2) is 22.3 Å². The van der Waals surface area contributed by atoms with Crippen LogP contribution in [0.15, 0.2) is 48.7 Å². The van der Waals surface area contributed by atoms with Crippen molar-refractivity contribution < 1.29 is 4.74 Å². The zero-order chi connectivity index (χ0) is 13.8. The van der Waals surface area contributed by atoms with Crippen molar-refractivity contribution in [2.75, 3.05) is 12.4 Å². The standard InChI is InChI=1S/C15H14N4O/c1-20-15-12-8-5-9-16-13(12)14(18-19-15)17-10-11-6-3-2-4-7-11/h2-9H,10H2,1H3,(H,17,18). The Balaban J connectivity index is 1.92. The maximum atomic E-state index is 5.20. The third-order valence-electron chi connectivity index (χ3n) is 3.00. The molecule has 0 spiro atoms. The summed E-state index contributed by atoms with van der Waals surface area (Å²) in [6.45, 7) is 0.674. The van der Waals surface area contributed by atoms with Gasteiger partial charge in [-0.1, -0.05) is 30.3 Å². The van der Waals surface area contributed by atoms with E-state index in [-0.39, 0.29) is 0 Å². The van der Waals surface area contributed by atoms with Crippen LogP contribution in [0.25, 0.3) is 10.9 Å². The van der Waals surface area contributed by atoms with E-state index < -0.39 is 0 Å². The predicted octanol–water partition coefficient (Wildman–Crippen LogP) is 2.65. The maximum absolute atomic E-state index is 5.20. The normalized spacial score (nSPS) is 10.4. The fourth-order valence-electron chi connectivity index (χ4n) is 2.01. The minimum atomic E-state index is 0.485. The molecule has 0 radical (unpaired) electrons. The Kier molecular flexibility index (Phi) is 3.41. The predicted molar refractivity (Wildman–Crippen MR) is 77.7 cm³/mol. The van der Waals surface area contributed by atoms with Crippen LogP contribution < -0.4 is 10.1 Å². The molecule has 20 heavy (non-hydrogen) atoms. The van der Waals surface area contributed by atoms with E-state index in [1.165, 1.54) is 5.56 Å². The third kappa shape index (κ3) is 2.38. The van der Waals surface area contributed by atoms with Gasteiger partial charge in [0, 0.05) is 12.7 Å². The molecule has 0 aliphatic rings. The van der Waals surface area contributed by atoms with Crippen LogP contribution in [0, 0.1) is 0 Å². The van der Waals surface area contributed by atoms with Crippen molar-refractivity contribution in [2.24, 2.45) is 0 Å². The summed E-state index contributed by atoms with van der Waals surface area (Å²) in [4.78, 5) is 4.36. The number of ether oxygens (including phenoxy) is 1. The first kappa shape index (κ1) is 12.3. The van der Waals surface area contributed by atoms with Gasteiger partial charge in [0.25, 0.3) is 0 Å². The van der Waals surface area contributed by atoms with Gasteiger partial charge in [0.1, 0.15) is 5.52 Å². The Bertz CT molecular complexity index is 715. The van der Waals surface area contributed by atoms with Crippen LogP contribution in [0.1, 0.15) is 5.56 Å². The number of fused-ring (bicyclic) bond motifs is 1. The molecule has 0 aliphatic heterocycles. The molecule has 3 rings (SSSR count). The van der Waals surface area contributed by atoms with Crippen molar-refractivity contribution in [1.29, 1.82) is 0 Å². The van der Waals surface area contributed by atoms with Crippen molar-refractivity contribution in [3.05, 3.63) is 54.2 Å². The summed E-state index contributed by atoms with van der Waals surface area (Å²) in [7, 11) is 1.58. The Hall–Kier alpha value is -2.69. The number of pyridine rings is 1. The lowest BCUT2D eigenvalue weighted by atomic mass is 10.2. The second-order valence-corrected chi connectivity index (χ2v) is 4.30. The summed E-state index contributed by atoms with van der Waals surface area (Å²) < 4.78 is 5.20. The van der Waals surface area contributed by atoms with E-state index in [2.05, 4.69) is 32.6 Å². The molecule has 0 aliphatic carbocycles. The lowest BCUT2D eigenvalue weighted by molar-refractivity contribution is 0.398. The van der Waals surface area contributed by atoms with Gasteiger partial charge in [-0.2, -0.15) is 0 Å². The van der Waals surface area contributed by atoms with E-state index in [9.17, 15) is 0 Å². The molecule has 100 valence electrons. The Morgan fingerprint density at radius 1 is 1.05 bits per heavy atom. The van der Waals surface area contributed by atoms with Crippen molar-refractivity contribution in [1.82, 2.24) is 15.2 Å². The van der Waals surface area contributed by atoms with Crippen molar-refractivity contribution in [3.63, 3.8) is 0 Å². The molecule has 3 aromatic rings. The van der Waals surface area contributed by atoms with Crippen LogP contribution in [-0.2, 0) is 6.54 Å². The molecule has 2 aromatic heterocycles. The molecular weight excluding hydrogens is 252 g/mol. The molecule has 0 saturated heterocycles. The number of anilines is 1. The van der Waals surface area contributed by atoms with Crippen LogP contribution >= 0.6 is 0 Å². The Morgan fingerprint density at radius 3 is 2.70 bits per heavy atom. The van der Waals surface area contributed by atoms with Crippen LogP contribution in [0.3, 0.4) is 0 Å². The second kappa shape index (κ2) is 5.52. The Labute approximate surface area is 116 Å². The first-order valence-electron chi connectivity index (χ1n) is 6.31. The molecule has 1 aromatic carbocycles. The molecule has 5 nitrogen and oxygen atoms in total. The number of hydrogen-bond acceptors (Lipinski definition) is 5. The van der Waals surface area contributed by atoms with Crippen LogP contribution in [0.2, 0.25) is 0 Å². The van der Waals surface area contributed by atoms with Gasteiger partial charge in [-0.25, -0.2) is 0 Å². The van der Waals surface area contributed by atoms with Gasteiger partial charge in [0.2, 0.25) is 5.88 Å². The summed E-state index contributed by atoms with van der Waals surface area (Å²) >= 11 is 0. The monoisotopic (exact) mass is 266 g/mol.